The van der Waals surface area contributed by atoms with Crippen LogP contribution in [0.4, 0.5) is 13.6 Å². The highest BCUT2D eigenvalue weighted by molar-refractivity contribution is 5.92. The van der Waals surface area contributed by atoms with Crippen LogP contribution in [0.5, 0.6) is 0 Å². The molecule has 0 radical (unpaired) electrons. The van der Waals surface area contributed by atoms with Crippen molar-refractivity contribution in [1.29, 1.82) is 0 Å². The molecule has 8 heteroatoms. The molecule has 0 saturated carbocycles. The predicted molar refractivity (Wildman–Crippen MR) is 50.1 cm³/mol. The van der Waals surface area contributed by atoms with Gasteiger partial charge in [-0.3, -0.25) is 15.0 Å². The number of carbonyl (C=O) groups excluding carboxylic acids is 2. The fraction of sp³-hybridized carbons (Fsp3) is 0.750. The first-order valence-electron chi connectivity index (χ1n) is 4.48. The standard InChI is InChI=1S/C8H14F2N2O4/c1-16-8(15)11-7(14)5-12(2-3-13)4-6(9)10/h6,13H,2-5H2,1H3,(H,11,14,15). The van der Waals surface area contributed by atoms with E-state index in [-0.39, 0.29) is 13.2 Å². The molecule has 0 unspecified atom stereocenters. The minimum Gasteiger partial charge on any atom is -0.453 e. The number of methoxy groups -OCH3 is 1. The first kappa shape index (κ1) is 14.7. The van der Waals surface area contributed by atoms with E-state index in [1.165, 1.54) is 0 Å². The van der Waals surface area contributed by atoms with Crippen LogP contribution in [-0.4, -0.2) is 61.8 Å². The van der Waals surface area contributed by atoms with E-state index < -0.39 is 31.5 Å². The third-order valence-corrected chi connectivity index (χ3v) is 1.61. The quantitative estimate of drug-likeness (QED) is 0.650. The summed E-state index contributed by atoms with van der Waals surface area (Å²) in [6.45, 7) is -1.47. The predicted octanol–water partition coefficient (Wildman–Crippen LogP) is -0.572. The Labute approximate surface area is 91.2 Å². The highest BCUT2D eigenvalue weighted by Crippen LogP contribution is 1.97. The summed E-state index contributed by atoms with van der Waals surface area (Å²) in [7, 11) is 1.08. The van der Waals surface area contributed by atoms with Crippen LogP contribution in [0.2, 0.25) is 0 Å². The van der Waals surface area contributed by atoms with Crippen LogP contribution >= 0.6 is 0 Å². The van der Waals surface area contributed by atoms with Crippen molar-refractivity contribution in [1.82, 2.24) is 10.2 Å². The Morgan fingerprint density at radius 2 is 2.12 bits per heavy atom. The molecule has 94 valence electrons. The summed E-state index contributed by atoms with van der Waals surface area (Å²) in [5.74, 6) is -0.763. The number of carbonyl (C=O) groups is 2. The molecular formula is C8H14F2N2O4. The van der Waals surface area contributed by atoms with Gasteiger partial charge in [-0.15, -0.1) is 0 Å². The van der Waals surface area contributed by atoms with Gasteiger partial charge in [-0.1, -0.05) is 0 Å². The maximum absolute atomic E-state index is 12.0. The summed E-state index contributed by atoms with van der Waals surface area (Å²) in [4.78, 5) is 22.7. The van der Waals surface area contributed by atoms with E-state index in [9.17, 15) is 18.4 Å². The minimum absolute atomic E-state index is 0.0705. The number of aliphatic hydroxyl groups is 1. The Hall–Kier alpha value is -1.28. The molecule has 0 spiro atoms. The lowest BCUT2D eigenvalue weighted by atomic mass is 10.4. The Morgan fingerprint density at radius 3 is 2.56 bits per heavy atom. The molecule has 0 rings (SSSR count). The maximum atomic E-state index is 12.0. The van der Waals surface area contributed by atoms with Gasteiger partial charge < -0.3 is 9.84 Å². The van der Waals surface area contributed by atoms with E-state index in [0.29, 0.717) is 0 Å². The number of nitrogens with zero attached hydrogens (tertiary/aromatic N) is 1. The Kier molecular flexibility index (Phi) is 7.31. The summed E-state index contributed by atoms with van der Waals surface area (Å²) in [6.07, 6.45) is -3.57. The molecule has 0 aromatic rings. The number of hydrogen-bond acceptors (Lipinski definition) is 5. The molecule has 0 bridgehead atoms. The zero-order chi connectivity index (χ0) is 12.6. The summed E-state index contributed by atoms with van der Waals surface area (Å²) in [5.41, 5.74) is 0. The van der Waals surface area contributed by atoms with Crippen molar-refractivity contribution in [2.45, 2.75) is 6.43 Å². The molecule has 0 atom stereocenters. The lowest BCUT2D eigenvalue weighted by Crippen LogP contribution is -2.42. The van der Waals surface area contributed by atoms with Crippen molar-refractivity contribution in [3.63, 3.8) is 0 Å². The number of imide groups is 1. The number of ether oxygens (including phenoxy) is 1. The first-order chi connectivity index (χ1) is 7.49. The number of hydrogen-bond donors (Lipinski definition) is 2. The molecule has 0 fully saturated rings. The van der Waals surface area contributed by atoms with Gasteiger partial charge in [-0.2, -0.15) is 0 Å². The van der Waals surface area contributed by atoms with Gasteiger partial charge in [0.1, 0.15) is 0 Å². The van der Waals surface area contributed by atoms with E-state index in [1.54, 1.807) is 0 Å². The topological polar surface area (TPSA) is 78.9 Å². The molecule has 2 amide bonds. The molecular weight excluding hydrogens is 226 g/mol. The zero-order valence-electron chi connectivity index (χ0n) is 8.78. The summed E-state index contributed by atoms with van der Waals surface area (Å²) in [5, 5.41) is 10.4. The molecule has 0 aromatic heterocycles. The fourth-order valence-corrected chi connectivity index (χ4v) is 0.979. The van der Waals surface area contributed by atoms with Gasteiger partial charge in [0.05, 0.1) is 26.8 Å². The number of rotatable bonds is 6. The number of halogens is 2. The first-order valence-corrected chi connectivity index (χ1v) is 4.48. The molecule has 0 aliphatic rings. The smallest absolute Gasteiger partial charge is 0.413 e. The highest BCUT2D eigenvalue weighted by Gasteiger charge is 2.16. The van der Waals surface area contributed by atoms with Crippen LogP contribution in [0.15, 0.2) is 0 Å². The summed E-state index contributed by atoms with van der Waals surface area (Å²) >= 11 is 0. The maximum Gasteiger partial charge on any atom is 0.413 e. The SMILES string of the molecule is COC(=O)NC(=O)CN(CCO)CC(F)F. The molecule has 0 aromatic carbocycles. The van der Waals surface area contributed by atoms with Crippen LogP contribution < -0.4 is 5.32 Å². The van der Waals surface area contributed by atoms with Crippen LogP contribution in [0.3, 0.4) is 0 Å². The number of nitrogens with one attached hydrogen (secondary N) is 1. The zero-order valence-corrected chi connectivity index (χ0v) is 8.78. The molecule has 2 N–H and O–H groups in total. The van der Waals surface area contributed by atoms with Crippen molar-refractivity contribution in [3.05, 3.63) is 0 Å². The lowest BCUT2D eigenvalue weighted by molar-refractivity contribution is -0.122. The van der Waals surface area contributed by atoms with Gasteiger partial charge in [0.25, 0.3) is 6.43 Å². The largest absolute Gasteiger partial charge is 0.453 e. The average molecular weight is 240 g/mol. The van der Waals surface area contributed by atoms with E-state index in [1.807, 2.05) is 5.32 Å². The van der Waals surface area contributed by atoms with Crippen LogP contribution in [0.25, 0.3) is 0 Å². The monoisotopic (exact) mass is 240 g/mol. The average Bonchev–Trinajstić information content (AvgIpc) is 2.16. The summed E-state index contributed by atoms with van der Waals surface area (Å²) < 4.78 is 28.2. The number of aliphatic hydroxyl groups excluding tert-OH is 1. The number of amides is 2. The van der Waals surface area contributed by atoms with Gasteiger partial charge >= 0.3 is 6.09 Å². The molecule has 16 heavy (non-hydrogen) atoms. The van der Waals surface area contributed by atoms with Gasteiger partial charge in [-0.25, -0.2) is 13.6 Å². The molecule has 0 heterocycles. The Morgan fingerprint density at radius 1 is 1.50 bits per heavy atom. The Balaban J connectivity index is 4.06. The van der Waals surface area contributed by atoms with Gasteiger partial charge in [-0.05, 0) is 0 Å². The fourth-order valence-electron chi connectivity index (χ4n) is 0.979. The number of alkyl halides is 2. The lowest BCUT2D eigenvalue weighted by Gasteiger charge is -2.19. The van der Waals surface area contributed by atoms with Gasteiger partial charge in [0.15, 0.2) is 0 Å². The Bertz CT molecular complexity index is 238. The van der Waals surface area contributed by atoms with Crippen molar-refractivity contribution in [2.75, 3.05) is 33.4 Å². The van der Waals surface area contributed by atoms with E-state index >= 15 is 0 Å². The van der Waals surface area contributed by atoms with E-state index in [2.05, 4.69) is 4.74 Å². The molecule has 0 aliphatic heterocycles. The van der Waals surface area contributed by atoms with Gasteiger partial charge in [0, 0.05) is 6.54 Å². The van der Waals surface area contributed by atoms with E-state index in [0.717, 1.165) is 12.0 Å². The van der Waals surface area contributed by atoms with Crippen molar-refractivity contribution >= 4 is 12.0 Å². The third-order valence-electron chi connectivity index (χ3n) is 1.61. The van der Waals surface area contributed by atoms with Crippen LogP contribution in [0, 0.1) is 0 Å². The summed E-state index contributed by atoms with van der Waals surface area (Å²) in [6, 6.07) is 0. The normalized spacial score (nSPS) is 10.6. The third kappa shape index (κ3) is 7.07. The second kappa shape index (κ2) is 7.94. The second-order valence-corrected chi connectivity index (χ2v) is 2.89. The second-order valence-electron chi connectivity index (χ2n) is 2.89. The molecule has 6 nitrogen and oxygen atoms in total. The van der Waals surface area contributed by atoms with Crippen molar-refractivity contribution < 1.29 is 28.2 Å². The number of alkyl carbamates (subject to hydrolysis) is 1. The van der Waals surface area contributed by atoms with Crippen LogP contribution in [0.1, 0.15) is 0 Å². The van der Waals surface area contributed by atoms with Crippen molar-refractivity contribution in [2.24, 2.45) is 0 Å². The van der Waals surface area contributed by atoms with E-state index in [4.69, 9.17) is 5.11 Å². The van der Waals surface area contributed by atoms with Crippen LogP contribution in [-0.2, 0) is 9.53 Å². The molecule has 0 aliphatic carbocycles. The molecule has 0 saturated heterocycles. The van der Waals surface area contributed by atoms with Crippen molar-refractivity contribution in [3.8, 4) is 0 Å². The van der Waals surface area contributed by atoms with Gasteiger partial charge in [0.2, 0.25) is 5.91 Å². The highest BCUT2D eigenvalue weighted by atomic mass is 19.3. The minimum atomic E-state index is -2.61.